The van der Waals surface area contributed by atoms with Crippen molar-refractivity contribution in [2.45, 2.75) is 32.7 Å². The lowest BCUT2D eigenvalue weighted by atomic mass is 9.83. The lowest BCUT2D eigenvalue weighted by Gasteiger charge is -2.32. The van der Waals surface area contributed by atoms with Gasteiger partial charge in [0.05, 0.1) is 43.5 Å². The van der Waals surface area contributed by atoms with E-state index in [1.54, 1.807) is 7.11 Å². The van der Waals surface area contributed by atoms with Crippen LogP contribution in [0.25, 0.3) is 21.8 Å². The molecular weight excluding hydrogens is 518 g/mol. The van der Waals surface area contributed by atoms with Crippen LogP contribution in [0.4, 0.5) is 11.5 Å². The maximum absolute atomic E-state index is 14.1. The van der Waals surface area contributed by atoms with E-state index in [9.17, 15) is 9.59 Å². The molecule has 2 aromatic carbocycles. The highest BCUT2D eigenvalue weighted by Gasteiger charge is 2.43. The van der Waals surface area contributed by atoms with Crippen molar-refractivity contribution in [2.24, 2.45) is 0 Å². The Balaban J connectivity index is 1.55. The van der Waals surface area contributed by atoms with Gasteiger partial charge < -0.3 is 24.3 Å². The average molecular weight is 552 g/mol. The van der Waals surface area contributed by atoms with Crippen LogP contribution in [-0.4, -0.2) is 66.2 Å². The number of imide groups is 1. The number of nitrogens with zero attached hydrogens (tertiary/aromatic N) is 4. The number of anilines is 2. The number of ether oxygens (including phenoxy) is 2. The van der Waals surface area contributed by atoms with Gasteiger partial charge in [-0.15, -0.1) is 0 Å². The van der Waals surface area contributed by atoms with E-state index < -0.39 is 5.92 Å². The second-order valence-electron chi connectivity index (χ2n) is 11.2. The van der Waals surface area contributed by atoms with Crippen LogP contribution in [0.2, 0.25) is 0 Å². The predicted octanol–water partition coefficient (Wildman–Crippen LogP) is 4.82. The summed E-state index contributed by atoms with van der Waals surface area (Å²) >= 11 is 0. The molecule has 3 aliphatic rings. The molecule has 5 heterocycles. The van der Waals surface area contributed by atoms with Gasteiger partial charge in [-0.3, -0.25) is 14.5 Å². The minimum absolute atomic E-state index is 0.212. The number of morpholine rings is 1. The summed E-state index contributed by atoms with van der Waals surface area (Å²) in [4.78, 5) is 35.5. The Bertz CT molecular complexity index is 1770. The van der Waals surface area contributed by atoms with Gasteiger partial charge in [-0.1, -0.05) is 6.07 Å². The molecule has 1 atom stereocenters. The molecule has 0 spiro atoms. The van der Waals surface area contributed by atoms with Gasteiger partial charge in [-0.2, -0.15) is 0 Å². The number of hydrogen-bond donors (Lipinski definition) is 1. The summed E-state index contributed by atoms with van der Waals surface area (Å²) in [5.74, 6) is 0.606. The molecule has 1 saturated heterocycles. The van der Waals surface area contributed by atoms with Crippen molar-refractivity contribution in [1.82, 2.24) is 14.5 Å². The number of hydrogen-bond acceptors (Lipinski definition) is 7. The Morgan fingerprint density at radius 3 is 2.66 bits per heavy atom. The fourth-order valence-electron chi connectivity index (χ4n) is 6.50. The van der Waals surface area contributed by atoms with E-state index in [0.29, 0.717) is 31.9 Å². The molecule has 4 aromatic rings. The summed E-state index contributed by atoms with van der Waals surface area (Å²) in [5.41, 5.74) is 6.21. The zero-order valence-corrected chi connectivity index (χ0v) is 23.7. The second kappa shape index (κ2) is 9.62. The minimum atomic E-state index is -0.433. The summed E-state index contributed by atoms with van der Waals surface area (Å²) in [6.45, 7) is 8.59. The van der Waals surface area contributed by atoms with Crippen LogP contribution in [0.5, 0.6) is 5.75 Å². The highest BCUT2D eigenvalue weighted by Crippen LogP contribution is 2.49. The summed E-state index contributed by atoms with van der Waals surface area (Å²) in [7, 11) is 1.65. The Kier molecular flexibility index (Phi) is 6.01. The third kappa shape index (κ3) is 3.98. The van der Waals surface area contributed by atoms with Crippen LogP contribution < -0.4 is 15.0 Å². The molecular formula is C32H33N5O4. The summed E-state index contributed by atoms with van der Waals surface area (Å²) < 4.78 is 13.5. The number of rotatable bonds is 4. The van der Waals surface area contributed by atoms with E-state index in [-0.39, 0.29) is 24.4 Å². The first-order valence-electron chi connectivity index (χ1n) is 14.1. The molecule has 2 amide bonds. The molecule has 3 aliphatic heterocycles. The molecule has 0 radical (unpaired) electrons. The molecule has 9 nitrogen and oxygen atoms in total. The molecule has 0 unspecified atom stereocenters. The first kappa shape index (κ1) is 25.6. The van der Waals surface area contributed by atoms with Gasteiger partial charge in [0.2, 0.25) is 5.91 Å². The smallest absolute Gasteiger partial charge is 0.259 e. The minimum Gasteiger partial charge on any atom is -0.497 e. The van der Waals surface area contributed by atoms with Crippen LogP contribution in [0.15, 0.2) is 59.9 Å². The van der Waals surface area contributed by atoms with Crippen LogP contribution >= 0.6 is 0 Å². The SMILES string of the molecule is COc1ccc2cc([C@H]3C4=C(CN(C(C)=O)C4=O)Nc4cccc5c4c3cn5C(C)C)c(N3CCOCC3)nc2c1. The zero-order chi connectivity index (χ0) is 28.4. The predicted molar refractivity (Wildman–Crippen MR) is 159 cm³/mol. The van der Waals surface area contributed by atoms with Gasteiger partial charge in [0.15, 0.2) is 0 Å². The van der Waals surface area contributed by atoms with Gasteiger partial charge in [0, 0.05) is 72.0 Å². The number of nitrogens with one attached hydrogen (secondary N) is 1. The normalized spacial score (nSPS) is 18.8. The number of amides is 2. The number of pyridine rings is 1. The van der Waals surface area contributed by atoms with E-state index in [1.807, 2.05) is 24.3 Å². The molecule has 0 aliphatic carbocycles. The Morgan fingerprint density at radius 1 is 1.12 bits per heavy atom. The van der Waals surface area contributed by atoms with Gasteiger partial charge in [0.25, 0.3) is 5.91 Å². The van der Waals surface area contributed by atoms with Crippen molar-refractivity contribution < 1.29 is 19.1 Å². The molecule has 210 valence electrons. The van der Waals surface area contributed by atoms with Crippen molar-refractivity contribution in [1.29, 1.82) is 0 Å². The van der Waals surface area contributed by atoms with E-state index in [2.05, 4.69) is 53.0 Å². The molecule has 1 N–H and O–H groups in total. The molecule has 41 heavy (non-hydrogen) atoms. The number of methoxy groups -OCH3 is 1. The highest BCUT2D eigenvalue weighted by atomic mass is 16.5. The van der Waals surface area contributed by atoms with E-state index in [0.717, 1.165) is 55.9 Å². The Hall–Kier alpha value is -4.37. The monoisotopic (exact) mass is 551 g/mol. The summed E-state index contributed by atoms with van der Waals surface area (Å²) in [6, 6.07) is 14.5. The standard InChI is InChI=1S/C32H33N5O4/c1-18(2)36-16-23-28(30-26(17-37(19(3)38)32(30)39)33-24-6-5-7-27(36)29(23)24)22-14-20-8-9-21(40-4)15-25(20)34-31(22)35-10-12-41-13-11-35/h5-9,14-16,18,28,33H,10-13,17H2,1-4H3/t28-/m1/s1. The largest absolute Gasteiger partial charge is 0.497 e. The lowest BCUT2D eigenvalue weighted by molar-refractivity contribution is -0.139. The third-order valence-electron chi connectivity index (χ3n) is 8.48. The van der Waals surface area contributed by atoms with Crippen molar-refractivity contribution >= 4 is 45.1 Å². The molecule has 0 bridgehead atoms. The first-order chi connectivity index (χ1) is 19.9. The number of benzene rings is 2. The highest BCUT2D eigenvalue weighted by molar-refractivity contribution is 6.11. The Labute approximate surface area is 238 Å². The van der Waals surface area contributed by atoms with Gasteiger partial charge in [-0.25, -0.2) is 4.98 Å². The first-order valence-corrected chi connectivity index (χ1v) is 14.1. The molecule has 7 rings (SSSR count). The fraction of sp³-hybridized carbons (Fsp3) is 0.344. The lowest BCUT2D eigenvalue weighted by Crippen LogP contribution is -2.38. The maximum atomic E-state index is 14.1. The Morgan fingerprint density at radius 2 is 1.93 bits per heavy atom. The van der Waals surface area contributed by atoms with Gasteiger partial charge in [-0.05, 0) is 49.7 Å². The number of fused-ring (bicyclic) bond motifs is 1. The topological polar surface area (TPSA) is 88.9 Å². The third-order valence-corrected chi connectivity index (χ3v) is 8.48. The molecule has 2 aromatic heterocycles. The zero-order valence-electron chi connectivity index (χ0n) is 23.7. The van der Waals surface area contributed by atoms with Crippen molar-refractivity contribution in [3.63, 3.8) is 0 Å². The molecule has 9 heteroatoms. The number of carbonyl (C=O) groups is 2. The van der Waals surface area contributed by atoms with Crippen molar-refractivity contribution in [2.75, 3.05) is 50.2 Å². The molecule has 0 saturated carbocycles. The fourth-order valence-corrected chi connectivity index (χ4v) is 6.50. The van der Waals surface area contributed by atoms with Crippen LogP contribution in [0.1, 0.15) is 43.9 Å². The van der Waals surface area contributed by atoms with Gasteiger partial charge in [0.1, 0.15) is 11.6 Å². The number of carbonyl (C=O) groups excluding carboxylic acids is 2. The summed E-state index contributed by atoms with van der Waals surface area (Å²) in [5, 5.41) is 5.63. The van der Waals surface area contributed by atoms with Crippen molar-refractivity contribution in [3.8, 4) is 5.75 Å². The van der Waals surface area contributed by atoms with Crippen LogP contribution in [0, 0.1) is 0 Å². The van der Waals surface area contributed by atoms with Crippen LogP contribution in [-0.2, 0) is 14.3 Å². The van der Waals surface area contributed by atoms with E-state index in [4.69, 9.17) is 14.5 Å². The van der Waals surface area contributed by atoms with Crippen molar-refractivity contribution in [3.05, 3.63) is 71.1 Å². The van der Waals surface area contributed by atoms with Gasteiger partial charge >= 0.3 is 0 Å². The van der Waals surface area contributed by atoms with Crippen LogP contribution in [0.3, 0.4) is 0 Å². The second-order valence-corrected chi connectivity index (χ2v) is 11.2. The van der Waals surface area contributed by atoms with E-state index in [1.165, 1.54) is 11.8 Å². The number of aromatic nitrogens is 2. The average Bonchev–Trinajstić information content (AvgIpc) is 3.48. The summed E-state index contributed by atoms with van der Waals surface area (Å²) in [6.07, 6.45) is 2.19. The van der Waals surface area contributed by atoms with E-state index >= 15 is 0 Å². The quantitative estimate of drug-likeness (QED) is 0.389. The molecule has 1 fully saturated rings. The maximum Gasteiger partial charge on any atom is 0.259 e.